The van der Waals surface area contributed by atoms with Gasteiger partial charge in [-0.2, -0.15) is 0 Å². The van der Waals surface area contributed by atoms with Gasteiger partial charge >= 0.3 is 0 Å². The number of nitrogens with zero attached hydrogens (tertiary/aromatic N) is 1. The summed E-state index contributed by atoms with van der Waals surface area (Å²) >= 11 is 5.77. The number of nitrogens with one attached hydrogen (secondary N) is 1. The summed E-state index contributed by atoms with van der Waals surface area (Å²) in [6, 6.07) is 10.7. The highest BCUT2D eigenvalue weighted by Crippen LogP contribution is 2.28. The Balaban J connectivity index is 2.09. The third-order valence-electron chi connectivity index (χ3n) is 3.00. The van der Waals surface area contributed by atoms with E-state index in [9.17, 15) is 14.9 Å². The summed E-state index contributed by atoms with van der Waals surface area (Å²) in [5, 5.41) is 14.1. The van der Waals surface area contributed by atoms with E-state index in [1.54, 1.807) is 24.3 Å². The van der Waals surface area contributed by atoms with Gasteiger partial charge in [-0.3, -0.25) is 14.9 Å². The van der Waals surface area contributed by atoms with Gasteiger partial charge in [0.25, 0.3) is 5.69 Å². The average Bonchev–Trinajstić information content (AvgIpc) is 2.55. The number of anilines is 1. The third-order valence-corrected chi connectivity index (χ3v) is 3.25. The van der Waals surface area contributed by atoms with Crippen LogP contribution in [0.3, 0.4) is 0 Å². The lowest BCUT2D eigenvalue weighted by molar-refractivity contribution is -0.384. The number of nitro benzene ring substituents is 1. The summed E-state index contributed by atoms with van der Waals surface area (Å²) in [7, 11) is 1.41. The highest BCUT2D eigenvalue weighted by molar-refractivity contribution is 6.30. The molecule has 0 saturated heterocycles. The van der Waals surface area contributed by atoms with Crippen LogP contribution in [-0.2, 0) is 0 Å². The molecule has 0 heterocycles. The smallest absolute Gasteiger partial charge is 0.273 e. The van der Waals surface area contributed by atoms with Gasteiger partial charge in [-0.1, -0.05) is 11.6 Å². The first-order chi connectivity index (χ1) is 11.0. The number of nitro groups is 1. The number of allylic oxidation sites excluding steroid dienone is 1. The van der Waals surface area contributed by atoms with Crippen LogP contribution in [0.1, 0.15) is 10.4 Å². The van der Waals surface area contributed by atoms with E-state index >= 15 is 0 Å². The maximum atomic E-state index is 12.0. The highest BCUT2D eigenvalue weighted by atomic mass is 35.5. The molecule has 0 amide bonds. The molecule has 0 saturated carbocycles. The van der Waals surface area contributed by atoms with E-state index in [2.05, 4.69) is 5.32 Å². The van der Waals surface area contributed by atoms with Crippen molar-refractivity contribution in [3.63, 3.8) is 0 Å². The standard InChI is InChI=1S/C16H13ClN2O4/c1-23-16-10-13(19(21)22)6-7-14(16)18-9-8-15(20)11-2-4-12(17)5-3-11/h2-10,18H,1H3. The molecule has 6 nitrogen and oxygen atoms in total. The lowest BCUT2D eigenvalue weighted by atomic mass is 10.1. The summed E-state index contributed by atoms with van der Waals surface area (Å²) in [5.41, 5.74) is 0.940. The maximum Gasteiger partial charge on any atom is 0.273 e. The van der Waals surface area contributed by atoms with Crippen LogP contribution in [0.15, 0.2) is 54.7 Å². The summed E-state index contributed by atoms with van der Waals surface area (Å²) in [6.07, 6.45) is 2.80. The number of ketones is 1. The van der Waals surface area contributed by atoms with Crippen molar-refractivity contribution >= 4 is 28.8 Å². The number of non-ortho nitro benzene ring substituents is 1. The summed E-state index contributed by atoms with van der Waals surface area (Å²) in [6.45, 7) is 0. The minimum absolute atomic E-state index is 0.0754. The topological polar surface area (TPSA) is 81.5 Å². The van der Waals surface area contributed by atoms with Crippen LogP contribution in [0.5, 0.6) is 5.75 Å². The summed E-state index contributed by atoms with van der Waals surface area (Å²) in [5.74, 6) is 0.109. The Morgan fingerprint density at radius 3 is 2.57 bits per heavy atom. The molecule has 1 N–H and O–H groups in total. The van der Waals surface area contributed by atoms with E-state index in [1.807, 2.05) is 0 Å². The number of halogens is 1. The molecule has 0 bridgehead atoms. The molecule has 7 heteroatoms. The predicted molar refractivity (Wildman–Crippen MR) is 88.2 cm³/mol. The molecule has 0 radical (unpaired) electrons. The Morgan fingerprint density at radius 1 is 1.26 bits per heavy atom. The third kappa shape index (κ3) is 4.31. The zero-order valence-corrected chi connectivity index (χ0v) is 12.9. The minimum Gasteiger partial charge on any atom is -0.494 e. The normalized spacial score (nSPS) is 10.5. The van der Waals surface area contributed by atoms with Crippen molar-refractivity contribution in [1.82, 2.24) is 0 Å². The van der Waals surface area contributed by atoms with Gasteiger partial charge in [0.2, 0.25) is 0 Å². The van der Waals surface area contributed by atoms with Crippen molar-refractivity contribution in [2.24, 2.45) is 0 Å². The molecule has 0 aromatic heterocycles. The van der Waals surface area contributed by atoms with Gasteiger partial charge in [0.15, 0.2) is 5.78 Å². The van der Waals surface area contributed by atoms with E-state index in [1.165, 1.54) is 37.6 Å². The number of hydrogen-bond acceptors (Lipinski definition) is 5. The maximum absolute atomic E-state index is 12.0. The van der Waals surface area contributed by atoms with Crippen LogP contribution in [-0.4, -0.2) is 17.8 Å². The van der Waals surface area contributed by atoms with Crippen molar-refractivity contribution in [2.75, 3.05) is 12.4 Å². The van der Waals surface area contributed by atoms with E-state index in [0.717, 1.165) is 0 Å². The molecular formula is C16H13ClN2O4. The van der Waals surface area contributed by atoms with E-state index in [0.29, 0.717) is 22.0 Å². The molecular weight excluding hydrogens is 320 g/mol. The zero-order valence-electron chi connectivity index (χ0n) is 12.2. The van der Waals surface area contributed by atoms with E-state index in [4.69, 9.17) is 16.3 Å². The second-order valence-electron chi connectivity index (χ2n) is 4.49. The molecule has 2 aromatic rings. The second-order valence-corrected chi connectivity index (χ2v) is 4.93. The first-order valence-electron chi connectivity index (χ1n) is 6.56. The van der Waals surface area contributed by atoms with Gasteiger partial charge < -0.3 is 10.1 Å². The molecule has 118 valence electrons. The molecule has 0 spiro atoms. The summed E-state index contributed by atoms with van der Waals surface area (Å²) < 4.78 is 5.09. The molecule has 0 aliphatic heterocycles. The number of benzene rings is 2. The largest absolute Gasteiger partial charge is 0.494 e. The van der Waals surface area contributed by atoms with Crippen LogP contribution in [0.2, 0.25) is 5.02 Å². The van der Waals surface area contributed by atoms with Crippen molar-refractivity contribution in [2.45, 2.75) is 0 Å². The number of methoxy groups -OCH3 is 1. The second kappa shape index (κ2) is 7.42. The SMILES string of the molecule is COc1cc([N+](=O)[O-])ccc1NC=CC(=O)c1ccc(Cl)cc1. The fourth-order valence-electron chi connectivity index (χ4n) is 1.83. The van der Waals surface area contributed by atoms with Gasteiger partial charge in [0, 0.05) is 28.9 Å². The van der Waals surface area contributed by atoms with Crippen LogP contribution >= 0.6 is 11.6 Å². The molecule has 0 aliphatic rings. The van der Waals surface area contributed by atoms with E-state index < -0.39 is 4.92 Å². The number of carbonyl (C=O) groups is 1. The first-order valence-corrected chi connectivity index (χ1v) is 6.94. The Kier molecular flexibility index (Phi) is 5.32. The zero-order chi connectivity index (χ0) is 16.8. The lowest BCUT2D eigenvalue weighted by Gasteiger charge is -2.07. The number of hydrogen-bond donors (Lipinski definition) is 1. The monoisotopic (exact) mass is 332 g/mol. The van der Waals surface area contributed by atoms with Crippen molar-refractivity contribution < 1.29 is 14.5 Å². The van der Waals surface area contributed by atoms with Crippen molar-refractivity contribution in [3.05, 3.63) is 75.4 Å². The summed E-state index contributed by atoms with van der Waals surface area (Å²) in [4.78, 5) is 22.2. The molecule has 0 fully saturated rings. The van der Waals surface area contributed by atoms with Gasteiger partial charge in [-0.25, -0.2) is 0 Å². The molecule has 2 aromatic carbocycles. The number of carbonyl (C=O) groups excluding carboxylic acids is 1. The molecule has 0 atom stereocenters. The molecule has 0 aliphatic carbocycles. The number of rotatable bonds is 6. The van der Waals surface area contributed by atoms with Crippen LogP contribution in [0.25, 0.3) is 0 Å². The Labute approximate surface area is 137 Å². The fraction of sp³-hybridized carbons (Fsp3) is 0.0625. The molecule has 23 heavy (non-hydrogen) atoms. The van der Waals surface area contributed by atoms with Gasteiger partial charge in [0.1, 0.15) is 5.75 Å². The quantitative estimate of drug-likeness (QED) is 0.373. The predicted octanol–water partition coefficient (Wildman–Crippen LogP) is 4.07. The van der Waals surface area contributed by atoms with Gasteiger partial charge in [-0.15, -0.1) is 0 Å². The Bertz CT molecular complexity index is 757. The first kappa shape index (κ1) is 16.5. The van der Waals surface area contributed by atoms with Gasteiger partial charge in [0.05, 0.1) is 23.8 Å². The molecule has 2 rings (SSSR count). The van der Waals surface area contributed by atoms with Crippen molar-refractivity contribution in [1.29, 1.82) is 0 Å². The van der Waals surface area contributed by atoms with Crippen LogP contribution in [0, 0.1) is 10.1 Å². The van der Waals surface area contributed by atoms with Crippen LogP contribution in [0.4, 0.5) is 11.4 Å². The number of ether oxygens (including phenoxy) is 1. The fourth-order valence-corrected chi connectivity index (χ4v) is 1.96. The van der Waals surface area contributed by atoms with Gasteiger partial charge in [-0.05, 0) is 30.3 Å². The average molecular weight is 333 g/mol. The lowest BCUT2D eigenvalue weighted by Crippen LogP contribution is -1.98. The van der Waals surface area contributed by atoms with Crippen molar-refractivity contribution in [3.8, 4) is 5.75 Å². The van der Waals surface area contributed by atoms with E-state index in [-0.39, 0.29) is 11.5 Å². The van der Waals surface area contributed by atoms with Crippen LogP contribution < -0.4 is 10.1 Å². The molecule has 0 unspecified atom stereocenters. The highest BCUT2D eigenvalue weighted by Gasteiger charge is 2.10. The Hall–Kier alpha value is -2.86. The minimum atomic E-state index is -0.508. The Morgan fingerprint density at radius 2 is 1.96 bits per heavy atom.